The number of hydrogen-bond acceptors (Lipinski definition) is 0. The number of hydrogen-bond donors (Lipinski definition) is 0. The zero-order chi connectivity index (χ0) is 25.3. The minimum Gasteiger partial charge on any atom is -1.00 e. The van der Waals surface area contributed by atoms with Crippen LogP contribution in [-0.4, -0.2) is 9.98 Å². The fraction of sp³-hybridized carbons (Fsp3) is 0.312. The molecule has 4 aromatic rings. The van der Waals surface area contributed by atoms with Crippen molar-refractivity contribution in [1.82, 2.24) is 0 Å². The second-order valence-electron chi connectivity index (χ2n) is 9.26. The van der Waals surface area contributed by atoms with Gasteiger partial charge in [0.1, 0.15) is 0 Å². The molecule has 192 valence electrons. The molecule has 0 saturated carbocycles. The fourth-order valence-electron chi connectivity index (χ4n) is 4.26. The molecule has 0 radical (unpaired) electrons. The Hall–Kier alpha value is -0.854. The standard InChI is InChI=1S/2C15H17.C2H6Ge.2ClH.Zr/c2*1-4-13-6-5-7-14(10-13)15-11(2)8-9-12(15)3;1-3-2;;;/h2*5-10H,4H2,1-3H3;1-2H3;2*1H;/q2*-1;;;;+2/p-2. The van der Waals surface area contributed by atoms with Gasteiger partial charge in [0.05, 0.1) is 0 Å². The first kappa shape index (κ1) is 35.1. The number of benzene rings is 2. The van der Waals surface area contributed by atoms with Crippen LogP contribution in [0.15, 0.2) is 72.8 Å². The van der Waals surface area contributed by atoms with Gasteiger partial charge in [-0.3, -0.25) is 0 Å². The zero-order valence-corrected chi connectivity index (χ0v) is 29.2. The topological polar surface area (TPSA) is 0 Å². The van der Waals surface area contributed by atoms with Gasteiger partial charge in [0, 0.05) is 0 Å². The van der Waals surface area contributed by atoms with Crippen molar-refractivity contribution in [3.8, 4) is 22.3 Å². The van der Waals surface area contributed by atoms with Crippen LogP contribution in [0.4, 0.5) is 0 Å². The van der Waals surface area contributed by atoms with E-state index in [-0.39, 0.29) is 34.8 Å². The maximum atomic E-state index is 2.37. The van der Waals surface area contributed by atoms with Gasteiger partial charge < -0.3 is 24.8 Å². The first-order valence-corrected chi connectivity index (χ1v) is 24.0. The maximum Gasteiger partial charge on any atom is -1.00 e. The minimum absolute atomic E-state index is 0. The molecule has 0 N–H and O–H groups in total. The van der Waals surface area contributed by atoms with E-state index < -0.39 is 0 Å². The third-order valence-corrected chi connectivity index (χ3v) is 5.99. The van der Waals surface area contributed by atoms with Crippen LogP contribution in [0, 0.1) is 27.7 Å². The summed E-state index contributed by atoms with van der Waals surface area (Å²) in [6.45, 7) is 13.1. The Labute approximate surface area is 248 Å². The molecule has 0 aliphatic heterocycles. The molecule has 0 atom stereocenters. The summed E-state index contributed by atoms with van der Waals surface area (Å²) < 4.78 is 0. The van der Waals surface area contributed by atoms with Crippen molar-refractivity contribution in [2.24, 2.45) is 0 Å². The monoisotopic (exact) mass is 658 g/mol. The van der Waals surface area contributed by atoms with E-state index >= 15 is 0 Å². The Kier molecular flexibility index (Phi) is 17.2. The Morgan fingerprint density at radius 2 is 0.861 bits per heavy atom. The summed E-state index contributed by atoms with van der Waals surface area (Å²) in [6.07, 6.45) is 2.21. The average molecular weight is 659 g/mol. The molecule has 0 aliphatic rings. The third-order valence-electron chi connectivity index (χ3n) is 5.99. The average Bonchev–Trinajstić information content (AvgIpc) is 3.33. The normalized spacial score (nSPS) is 9.61. The Morgan fingerprint density at radius 3 is 1.11 bits per heavy atom. The molecule has 4 heteroatoms. The molecule has 0 fully saturated rings. The van der Waals surface area contributed by atoms with E-state index in [1.165, 1.54) is 55.6 Å². The second-order valence-corrected chi connectivity index (χ2v) is 26.2. The SMILES string of the molecule is CCc1cccc(-[c-]2c(C)ccc2C)c1.CCc1cccc(-[c-]2c(C)ccc2C)c1.[CH3][Ge]([CH3])=[Zr+2].[Cl-].[Cl-]. The molecule has 0 heterocycles. The number of aryl methyl sites for hydroxylation is 6. The van der Waals surface area contributed by atoms with Crippen molar-refractivity contribution in [2.45, 2.75) is 65.9 Å². The summed E-state index contributed by atoms with van der Waals surface area (Å²) in [5.41, 5.74) is 13.8. The van der Waals surface area contributed by atoms with Crippen LogP contribution in [0.25, 0.3) is 22.3 Å². The first-order valence-electron chi connectivity index (χ1n) is 12.3. The predicted octanol–water partition coefficient (Wildman–Crippen LogP) is 3.30. The Balaban J connectivity index is 0.000000566. The largest absolute Gasteiger partial charge is 1.00 e. The third kappa shape index (κ3) is 10.5. The molecular formula is C32H40Cl2GeZr-2. The van der Waals surface area contributed by atoms with Crippen molar-refractivity contribution in [3.63, 3.8) is 0 Å². The van der Waals surface area contributed by atoms with Crippen molar-refractivity contribution in [3.05, 3.63) is 106 Å². The summed E-state index contributed by atoms with van der Waals surface area (Å²) in [6, 6.07) is 26.5. The molecule has 0 nitrogen and oxygen atoms in total. The molecule has 0 unspecified atom stereocenters. The van der Waals surface area contributed by atoms with Gasteiger partial charge >= 0.3 is 43.1 Å². The van der Waals surface area contributed by atoms with E-state index in [1.54, 1.807) is 21.6 Å². The molecule has 4 aromatic carbocycles. The van der Waals surface area contributed by atoms with Gasteiger partial charge in [-0.1, -0.05) is 88.1 Å². The van der Waals surface area contributed by atoms with E-state index in [9.17, 15) is 0 Å². The molecule has 0 saturated heterocycles. The van der Waals surface area contributed by atoms with E-state index in [2.05, 4.69) is 126 Å². The smallest absolute Gasteiger partial charge is 1.00 e. The molecule has 0 spiro atoms. The van der Waals surface area contributed by atoms with Crippen LogP contribution >= 0.6 is 0 Å². The Bertz CT molecular complexity index is 1080. The van der Waals surface area contributed by atoms with Crippen molar-refractivity contribution < 1.29 is 46.4 Å². The summed E-state index contributed by atoms with van der Waals surface area (Å²) in [5.74, 6) is 4.75. The molecular weight excluding hydrogens is 619 g/mol. The summed E-state index contributed by atoms with van der Waals surface area (Å²) >= 11 is 1.80. The van der Waals surface area contributed by atoms with Crippen LogP contribution < -0.4 is 24.8 Å². The maximum absolute atomic E-state index is 2.37. The van der Waals surface area contributed by atoms with Gasteiger partial charge in [0.15, 0.2) is 0 Å². The van der Waals surface area contributed by atoms with Crippen molar-refractivity contribution in [1.29, 1.82) is 0 Å². The summed E-state index contributed by atoms with van der Waals surface area (Å²) in [5, 5.41) is 0. The molecule has 0 bridgehead atoms. The van der Waals surface area contributed by atoms with Crippen molar-refractivity contribution in [2.75, 3.05) is 0 Å². The van der Waals surface area contributed by atoms with Gasteiger partial charge in [-0.25, -0.2) is 0 Å². The van der Waals surface area contributed by atoms with Crippen LogP contribution in [0.1, 0.15) is 47.2 Å². The molecule has 36 heavy (non-hydrogen) atoms. The van der Waals surface area contributed by atoms with Gasteiger partial charge in [0.25, 0.3) is 0 Å². The van der Waals surface area contributed by atoms with E-state index in [0.29, 0.717) is 0 Å². The van der Waals surface area contributed by atoms with Gasteiger partial charge in [-0.2, -0.15) is 0 Å². The van der Waals surface area contributed by atoms with E-state index in [1.807, 2.05) is 0 Å². The molecule has 0 aromatic heterocycles. The van der Waals surface area contributed by atoms with Crippen LogP contribution in [0.5, 0.6) is 0 Å². The molecule has 0 aliphatic carbocycles. The fourth-order valence-corrected chi connectivity index (χ4v) is 4.26. The minimum atomic E-state index is -0.243. The van der Waals surface area contributed by atoms with E-state index in [0.717, 1.165) is 12.8 Å². The van der Waals surface area contributed by atoms with Gasteiger partial charge in [-0.05, 0) is 12.8 Å². The van der Waals surface area contributed by atoms with Gasteiger partial charge in [-0.15, -0.1) is 81.9 Å². The van der Waals surface area contributed by atoms with Gasteiger partial charge in [0.2, 0.25) is 0 Å². The number of halogens is 2. The Morgan fingerprint density at radius 1 is 0.583 bits per heavy atom. The van der Waals surface area contributed by atoms with Crippen LogP contribution in [0.3, 0.4) is 0 Å². The zero-order valence-electron chi connectivity index (χ0n) is 23.1. The quantitative estimate of drug-likeness (QED) is 0.233. The predicted molar refractivity (Wildman–Crippen MR) is 150 cm³/mol. The first-order chi connectivity index (χ1) is 16.2. The van der Waals surface area contributed by atoms with Crippen LogP contribution in [0.2, 0.25) is 11.5 Å². The second kappa shape index (κ2) is 17.6. The van der Waals surface area contributed by atoms with Crippen LogP contribution in [-0.2, 0) is 34.4 Å². The summed E-state index contributed by atoms with van der Waals surface area (Å²) in [4.78, 5) is 0. The van der Waals surface area contributed by atoms with E-state index in [4.69, 9.17) is 0 Å². The molecule has 0 amide bonds. The van der Waals surface area contributed by atoms with Crippen molar-refractivity contribution >= 4 is 9.98 Å². The molecule has 4 rings (SSSR count). The summed E-state index contributed by atoms with van der Waals surface area (Å²) in [7, 11) is -0.243. The number of rotatable bonds is 4.